The summed E-state index contributed by atoms with van der Waals surface area (Å²) in [7, 11) is 0. The number of hydrogen-bond acceptors (Lipinski definition) is 3. The van der Waals surface area contributed by atoms with E-state index in [2.05, 4.69) is 5.10 Å². The van der Waals surface area contributed by atoms with E-state index in [1.54, 1.807) is 10.9 Å². The second kappa shape index (κ2) is 5.46. The first-order valence-corrected chi connectivity index (χ1v) is 5.60. The van der Waals surface area contributed by atoms with Gasteiger partial charge in [0.15, 0.2) is 6.10 Å². The lowest BCUT2D eigenvalue weighted by molar-refractivity contribution is -0.149. The molecular formula is C13H14N2O3. The van der Waals surface area contributed by atoms with Gasteiger partial charge in [-0.25, -0.2) is 9.48 Å². The third-order valence-electron chi connectivity index (χ3n) is 2.55. The van der Waals surface area contributed by atoms with Crippen molar-refractivity contribution in [2.24, 2.45) is 0 Å². The summed E-state index contributed by atoms with van der Waals surface area (Å²) in [6.45, 7) is 1.80. The van der Waals surface area contributed by atoms with Gasteiger partial charge in [-0.3, -0.25) is 0 Å². The van der Waals surface area contributed by atoms with Gasteiger partial charge in [-0.05, 0) is 30.7 Å². The SMILES string of the molecule is C[C@H](OCc1ccc(-n2cccn2)cc1)C(=O)O. The molecule has 0 aliphatic rings. The lowest BCUT2D eigenvalue weighted by atomic mass is 10.2. The van der Waals surface area contributed by atoms with E-state index in [1.165, 1.54) is 6.92 Å². The number of aliphatic carboxylic acids is 1. The number of nitrogens with zero attached hydrogens (tertiary/aromatic N) is 2. The molecule has 0 bridgehead atoms. The van der Waals surface area contributed by atoms with Crippen molar-refractivity contribution < 1.29 is 14.6 Å². The number of carboxylic acids is 1. The summed E-state index contributed by atoms with van der Waals surface area (Å²) in [5, 5.41) is 12.8. The predicted octanol–water partition coefficient (Wildman–Crippen LogP) is 1.86. The van der Waals surface area contributed by atoms with Crippen molar-refractivity contribution in [3.05, 3.63) is 48.3 Å². The Balaban J connectivity index is 1.98. The number of aromatic nitrogens is 2. The minimum atomic E-state index is -0.955. The van der Waals surface area contributed by atoms with Crippen molar-refractivity contribution in [3.63, 3.8) is 0 Å². The number of ether oxygens (including phenoxy) is 1. The maximum Gasteiger partial charge on any atom is 0.332 e. The third kappa shape index (κ3) is 2.95. The van der Waals surface area contributed by atoms with Crippen LogP contribution >= 0.6 is 0 Å². The zero-order chi connectivity index (χ0) is 13.0. The first-order valence-electron chi connectivity index (χ1n) is 5.60. The number of carbonyl (C=O) groups is 1. The van der Waals surface area contributed by atoms with Crippen molar-refractivity contribution in [1.29, 1.82) is 0 Å². The van der Waals surface area contributed by atoms with Crippen LogP contribution in [-0.2, 0) is 16.1 Å². The van der Waals surface area contributed by atoms with Crippen LogP contribution in [-0.4, -0.2) is 27.0 Å². The molecule has 1 atom stereocenters. The number of benzene rings is 1. The highest BCUT2D eigenvalue weighted by molar-refractivity contribution is 5.71. The second-order valence-corrected chi connectivity index (χ2v) is 3.91. The maximum absolute atomic E-state index is 10.6. The van der Waals surface area contributed by atoms with Crippen LogP contribution in [0.5, 0.6) is 0 Å². The standard InChI is InChI=1S/C13H14N2O3/c1-10(13(16)17)18-9-11-3-5-12(6-4-11)15-8-2-7-14-15/h2-8,10H,9H2,1H3,(H,16,17)/t10-/m0/s1. The summed E-state index contributed by atoms with van der Waals surface area (Å²) in [5.41, 5.74) is 1.88. The molecule has 5 heteroatoms. The quantitative estimate of drug-likeness (QED) is 0.874. The normalized spacial score (nSPS) is 12.3. The summed E-state index contributed by atoms with van der Waals surface area (Å²) in [6.07, 6.45) is 2.78. The molecule has 0 saturated heterocycles. The fraction of sp³-hybridized carbons (Fsp3) is 0.231. The minimum Gasteiger partial charge on any atom is -0.479 e. The number of carboxylic acid groups (broad SMARTS) is 1. The average molecular weight is 246 g/mol. The summed E-state index contributed by atoms with van der Waals surface area (Å²) < 4.78 is 6.95. The van der Waals surface area contributed by atoms with Crippen LogP contribution < -0.4 is 0 Å². The Morgan fingerprint density at radius 2 is 2.17 bits per heavy atom. The summed E-state index contributed by atoms with van der Waals surface area (Å²) in [4.78, 5) is 10.6. The van der Waals surface area contributed by atoms with Crippen LogP contribution in [0.3, 0.4) is 0 Å². The molecule has 1 heterocycles. The van der Waals surface area contributed by atoms with Crippen molar-refractivity contribution >= 4 is 5.97 Å². The number of rotatable bonds is 5. The van der Waals surface area contributed by atoms with Gasteiger partial charge in [-0.2, -0.15) is 5.10 Å². The topological polar surface area (TPSA) is 64.4 Å². The van der Waals surface area contributed by atoms with E-state index >= 15 is 0 Å². The molecule has 0 amide bonds. The van der Waals surface area contributed by atoms with E-state index in [0.717, 1.165) is 11.3 Å². The Morgan fingerprint density at radius 1 is 1.44 bits per heavy atom. The molecule has 94 valence electrons. The van der Waals surface area contributed by atoms with Gasteiger partial charge in [0.1, 0.15) is 0 Å². The number of hydrogen-bond donors (Lipinski definition) is 1. The van der Waals surface area contributed by atoms with Crippen molar-refractivity contribution in [1.82, 2.24) is 9.78 Å². The molecule has 1 aromatic heterocycles. The van der Waals surface area contributed by atoms with Crippen LogP contribution in [0.4, 0.5) is 0 Å². The van der Waals surface area contributed by atoms with Gasteiger partial charge < -0.3 is 9.84 Å². The molecule has 1 N–H and O–H groups in total. The van der Waals surface area contributed by atoms with E-state index < -0.39 is 12.1 Å². The summed E-state index contributed by atoms with van der Waals surface area (Å²) in [6, 6.07) is 9.47. The molecule has 0 aliphatic carbocycles. The lowest BCUT2D eigenvalue weighted by Gasteiger charge is -2.09. The third-order valence-corrected chi connectivity index (χ3v) is 2.55. The van der Waals surface area contributed by atoms with Crippen LogP contribution in [0.15, 0.2) is 42.7 Å². The highest BCUT2D eigenvalue weighted by Crippen LogP contribution is 2.10. The van der Waals surface area contributed by atoms with Crippen molar-refractivity contribution in [2.75, 3.05) is 0 Å². The van der Waals surface area contributed by atoms with Gasteiger partial charge in [-0.1, -0.05) is 12.1 Å². The Kier molecular flexibility index (Phi) is 3.74. The van der Waals surface area contributed by atoms with Gasteiger partial charge >= 0.3 is 5.97 Å². The zero-order valence-corrected chi connectivity index (χ0v) is 9.98. The largest absolute Gasteiger partial charge is 0.479 e. The molecule has 0 aliphatic heterocycles. The van der Waals surface area contributed by atoms with Gasteiger partial charge in [-0.15, -0.1) is 0 Å². The fourth-order valence-corrected chi connectivity index (χ4v) is 1.46. The highest BCUT2D eigenvalue weighted by atomic mass is 16.5. The van der Waals surface area contributed by atoms with E-state index in [9.17, 15) is 4.79 Å². The molecule has 5 nitrogen and oxygen atoms in total. The van der Waals surface area contributed by atoms with Gasteiger partial charge in [0.05, 0.1) is 12.3 Å². The maximum atomic E-state index is 10.6. The molecular weight excluding hydrogens is 232 g/mol. The van der Waals surface area contributed by atoms with Crippen LogP contribution in [0, 0.1) is 0 Å². The van der Waals surface area contributed by atoms with Crippen LogP contribution in [0.2, 0.25) is 0 Å². The first kappa shape index (κ1) is 12.3. The van der Waals surface area contributed by atoms with Gasteiger partial charge in [0.2, 0.25) is 0 Å². The second-order valence-electron chi connectivity index (χ2n) is 3.91. The predicted molar refractivity (Wildman–Crippen MR) is 65.5 cm³/mol. The van der Waals surface area contributed by atoms with E-state index in [-0.39, 0.29) is 6.61 Å². The molecule has 1 aromatic carbocycles. The molecule has 0 saturated carbocycles. The molecule has 2 aromatic rings. The van der Waals surface area contributed by atoms with Crippen molar-refractivity contribution in [3.8, 4) is 5.69 Å². The Labute approximate surface area is 105 Å². The zero-order valence-electron chi connectivity index (χ0n) is 9.98. The Bertz CT molecular complexity index is 506. The van der Waals surface area contributed by atoms with Crippen LogP contribution in [0.25, 0.3) is 5.69 Å². The van der Waals surface area contributed by atoms with E-state index in [0.29, 0.717) is 0 Å². The molecule has 0 spiro atoms. The van der Waals surface area contributed by atoms with E-state index in [1.807, 2.05) is 36.5 Å². The van der Waals surface area contributed by atoms with Crippen LogP contribution in [0.1, 0.15) is 12.5 Å². The lowest BCUT2D eigenvalue weighted by Crippen LogP contribution is -2.19. The smallest absolute Gasteiger partial charge is 0.332 e. The van der Waals surface area contributed by atoms with Gasteiger partial charge in [0.25, 0.3) is 0 Å². The summed E-state index contributed by atoms with van der Waals surface area (Å²) >= 11 is 0. The highest BCUT2D eigenvalue weighted by Gasteiger charge is 2.10. The molecule has 0 radical (unpaired) electrons. The van der Waals surface area contributed by atoms with Gasteiger partial charge in [0, 0.05) is 12.4 Å². The molecule has 0 fully saturated rings. The molecule has 2 rings (SSSR count). The summed E-state index contributed by atoms with van der Waals surface area (Å²) in [5.74, 6) is -0.955. The Hall–Kier alpha value is -2.14. The molecule has 18 heavy (non-hydrogen) atoms. The average Bonchev–Trinajstić information content (AvgIpc) is 2.90. The Morgan fingerprint density at radius 3 is 2.72 bits per heavy atom. The molecule has 0 unspecified atom stereocenters. The fourth-order valence-electron chi connectivity index (χ4n) is 1.46. The minimum absolute atomic E-state index is 0.285. The van der Waals surface area contributed by atoms with E-state index in [4.69, 9.17) is 9.84 Å². The first-order chi connectivity index (χ1) is 8.66. The monoisotopic (exact) mass is 246 g/mol. The van der Waals surface area contributed by atoms with Crippen molar-refractivity contribution in [2.45, 2.75) is 19.6 Å².